The Balaban J connectivity index is 1.93. The fraction of sp³-hybridized carbons (Fsp3) is 0.0588. The summed E-state index contributed by atoms with van der Waals surface area (Å²) in [6, 6.07) is 12.4. The third-order valence-corrected chi connectivity index (χ3v) is 4.19. The summed E-state index contributed by atoms with van der Waals surface area (Å²) in [5.41, 5.74) is 5.90. The molecule has 0 amide bonds. The maximum absolute atomic E-state index is 13.1. The largest absolute Gasteiger partial charge is 0.418 e. The van der Waals surface area contributed by atoms with E-state index in [0.29, 0.717) is 5.69 Å². The molecule has 26 heavy (non-hydrogen) atoms. The zero-order chi connectivity index (χ0) is 18.7. The van der Waals surface area contributed by atoms with Gasteiger partial charge in [-0.15, -0.1) is 0 Å². The van der Waals surface area contributed by atoms with Gasteiger partial charge in [0.25, 0.3) is 0 Å². The highest BCUT2D eigenvalue weighted by atomic mass is 79.9. The Morgan fingerprint density at radius 3 is 2.00 bits per heavy atom. The van der Waals surface area contributed by atoms with Gasteiger partial charge in [0.1, 0.15) is 12.0 Å². The molecule has 134 valence electrons. The van der Waals surface area contributed by atoms with Crippen molar-refractivity contribution in [3.63, 3.8) is 0 Å². The third kappa shape index (κ3) is 3.88. The second-order valence-corrected chi connectivity index (χ2v) is 6.11. The normalized spacial score (nSPS) is 11.2. The lowest BCUT2D eigenvalue weighted by molar-refractivity contribution is -0.136. The van der Waals surface area contributed by atoms with E-state index in [9.17, 15) is 13.2 Å². The Bertz CT molecular complexity index is 930. The lowest BCUT2D eigenvalue weighted by Gasteiger charge is -2.16. The van der Waals surface area contributed by atoms with E-state index in [1.165, 1.54) is 24.5 Å². The van der Waals surface area contributed by atoms with E-state index in [4.69, 9.17) is 5.73 Å². The standard InChI is InChI=1S/C17H13BrF3N5/c18-11-6-2-4-8-13(11)26-16-14(22)15(23-9-24-16)25-12-7-3-1-5-10(12)17(19,20)21/h1-9H,22H2,(H2,23,24,25,26). The average Bonchev–Trinajstić information content (AvgIpc) is 2.60. The van der Waals surface area contributed by atoms with Crippen LogP contribution in [0.3, 0.4) is 0 Å². The van der Waals surface area contributed by atoms with Gasteiger partial charge in [-0.2, -0.15) is 13.2 Å². The monoisotopic (exact) mass is 423 g/mol. The van der Waals surface area contributed by atoms with Gasteiger partial charge in [0.05, 0.1) is 16.9 Å². The number of benzene rings is 2. The minimum atomic E-state index is -4.50. The Morgan fingerprint density at radius 1 is 0.846 bits per heavy atom. The van der Waals surface area contributed by atoms with Crippen LogP contribution in [-0.2, 0) is 6.18 Å². The summed E-state index contributed by atoms with van der Waals surface area (Å²) in [7, 11) is 0. The number of hydrogen-bond donors (Lipinski definition) is 3. The average molecular weight is 424 g/mol. The number of nitrogens with two attached hydrogens (primary N) is 1. The van der Waals surface area contributed by atoms with Crippen molar-refractivity contribution in [2.24, 2.45) is 0 Å². The van der Waals surface area contributed by atoms with Gasteiger partial charge in [-0.05, 0) is 40.2 Å². The molecular formula is C17H13BrF3N5. The van der Waals surface area contributed by atoms with Crippen LogP contribution in [0.1, 0.15) is 5.56 Å². The quantitative estimate of drug-likeness (QED) is 0.528. The molecule has 4 N–H and O–H groups in total. The maximum atomic E-state index is 13.1. The molecule has 0 bridgehead atoms. The molecule has 0 unspecified atom stereocenters. The van der Waals surface area contributed by atoms with Crippen molar-refractivity contribution in [2.75, 3.05) is 16.4 Å². The van der Waals surface area contributed by atoms with Crippen LogP contribution in [0.4, 0.5) is 41.9 Å². The van der Waals surface area contributed by atoms with E-state index >= 15 is 0 Å². The molecule has 0 aliphatic heterocycles. The highest BCUT2D eigenvalue weighted by molar-refractivity contribution is 9.10. The first-order chi connectivity index (χ1) is 12.4. The number of halogens is 4. The van der Waals surface area contributed by atoms with Crippen LogP contribution >= 0.6 is 15.9 Å². The van der Waals surface area contributed by atoms with E-state index < -0.39 is 11.7 Å². The van der Waals surface area contributed by atoms with Crippen molar-refractivity contribution in [3.05, 3.63) is 64.9 Å². The SMILES string of the molecule is Nc1c(Nc2ccccc2Br)ncnc1Nc1ccccc1C(F)(F)F. The molecule has 9 heteroatoms. The zero-order valence-corrected chi connectivity index (χ0v) is 14.8. The van der Waals surface area contributed by atoms with Crippen LogP contribution in [-0.4, -0.2) is 9.97 Å². The molecule has 3 aromatic rings. The summed E-state index contributed by atoms with van der Waals surface area (Å²) in [6.07, 6.45) is -3.28. The fourth-order valence-electron chi connectivity index (χ4n) is 2.25. The molecule has 1 heterocycles. The van der Waals surface area contributed by atoms with E-state index in [1.54, 1.807) is 6.07 Å². The zero-order valence-electron chi connectivity index (χ0n) is 13.2. The lowest BCUT2D eigenvalue weighted by atomic mass is 10.1. The highest BCUT2D eigenvalue weighted by Crippen LogP contribution is 2.37. The first-order valence-corrected chi connectivity index (χ1v) is 8.21. The number of anilines is 5. The Hall–Kier alpha value is -2.81. The fourth-order valence-corrected chi connectivity index (χ4v) is 2.64. The Labute approximate surface area is 155 Å². The van der Waals surface area contributed by atoms with Crippen LogP contribution < -0.4 is 16.4 Å². The van der Waals surface area contributed by atoms with Crippen molar-refractivity contribution >= 4 is 44.6 Å². The topological polar surface area (TPSA) is 75.9 Å². The summed E-state index contributed by atoms with van der Waals surface area (Å²) >= 11 is 3.39. The van der Waals surface area contributed by atoms with Gasteiger partial charge in [-0.1, -0.05) is 24.3 Å². The van der Waals surface area contributed by atoms with Gasteiger partial charge in [0, 0.05) is 4.47 Å². The number of aromatic nitrogens is 2. The molecule has 0 atom stereocenters. The van der Waals surface area contributed by atoms with E-state index in [2.05, 4.69) is 36.5 Å². The molecule has 5 nitrogen and oxygen atoms in total. The van der Waals surface area contributed by atoms with E-state index in [0.717, 1.165) is 10.5 Å². The smallest absolute Gasteiger partial charge is 0.393 e. The van der Waals surface area contributed by atoms with Crippen LogP contribution in [0.15, 0.2) is 59.3 Å². The van der Waals surface area contributed by atoms with Gasteiger partial charge in [0.2, 0.25) is 0 Å². The van der Waals surface area contributed by atoms with Crippen LogP contribution in [0.25, 0.3) is 0 Å². The van der Waals surface area contributed by atoms with Gasteiger partial charge in [0.15, 0.2) is 11.6 Å². The molecule has 0 fully saturated rings. The molecule has 1 aromatic heterocycles. The Morgan fingerprint density at radius 2 is 1.38 bits per heavy atom. The molecule has 0 saturated heterocycles. The van der Waals surface area contributed by atoms with Crippen molar-refractivity contribution in [1.29, 1.82) is 0 Å². The predicted molar refractivity (Wildman–Crippen MR) is 98.6 cm³/mol. The second kappa shape index (κ2) is 7.20. The molecule has 3 rings (SSSR count). The maximum Gasteiger partial charge on any atom is 0.418 e. The summed E-state index contributed by atoms with van der Waals surface area (Å²) < 4.78 is 40.2. The lowest BCUT2D eigenvalue weighted by Crippen LogP contribution is -2.10. The number of rotatable bonds is 4. The highest BCUT2D eigenvalue weighted by Gasteiger charge is 2.33. The number of alkyl halides is 3. The number of nitrogens with one attached hydrogen (secondary N) is 2. The Kier molecular flexibility index (Phi) is 4.99. The molecule has 0 aliphatic rings. The molecule has 0 saturated carbocycles. The number of nitrogen functional groups attached to an aromatic ring is 1. The molecular weight excluding hydrogens is 411 g/mol. The van der Waals surface area contributed by atoms with Gasteiger partial charge in [-0.25, -0.2) is 9.97 Å². The minimum absolute atomic E-state index is 0.0752. The summed E-state index contributed by atoms with van der Waals surface area (Å²) in [6.45, 7) is 0. The molecule has 2 aromatic carbocycles. The number of nitrogens with zero attached hydrogens (tertiary/aromatic N) is 2. The third-order valence-electron chi connectivity index (χ3n) is 3.50. The number of para-hydroxylation sites is 2. The molecule has 0 radical (unpaired) electrons. The summed E-state index contributed by atoms with van der Waals surface area (Å²) in [4.78, 5) is 8.01. The van der Waals surface area contributed by atoms with Gasteiger partial charge in [-0.3, -0.25) is 0 Å². The van der Waals surface area contributed by atoms with Gasteiger partial charge < -0.3 is 16.4 Å². The second-order valence-electron chi connectivity index (χ2n) is 5.26. The summed E-state index contributed by atoms with van der Waals surface area (Å²) in [5, 5.41) is 5.67. The first-order valence-electron chi connectivity index (χ1n) is 7.41. The van der Waals surface area contributed by atoms with Crippen LogP contribution in [0.2, 0.25) is 0 Å². The summed E-state index contributed by atoms with van der Waals surface area (Å²) in [5.74, 6) is 0.352. The minimum Gasteiger partial charge on any atom is -0.393 e. The first kappa shape index (κ1) is 18.0. The van der Waals surface area contributed by atoms with Crippen molar-refractivity contribution in [1.82, 2.24) is 9.97 Å². The van der Waals surface area contributed by atoms with Crippen LogP contribution in [0, 0.1) is 0 Å². The predicted octanol–water partition coefficient (Wildman–Crippen LogP) is 5.33. The van der Waals surface area contributed by atoms with Crippen molar-refractivity contribution in [2.45, 2.75) is 6.18 Å². The van der Waals surface area contributed by atoms with Crippen LogP contribution in [0.5, 0.6) is 0 Å². The van der Waals surface area contributed by atoms with Gasteiger partial charge >= 0.3 is 6.18 Å². The molecule has 0 aliphatic carbocycles. The van der Waals surface area contributed by atoms with E-state index in [1.807, 2.05) is 18.2 Å². The van der Waals surface area contributed by atoms with E-state index in [-0.39, 0.29) is 23.0 Å². The molecule has 0 spiro atoms. The number of hydrogen-bond acceptors (Lipinski definition) is 5. The van der Waals surface area contributed by atoms with Crippen molar-refractivity contribution < 1.29 is 13.2 Å². The van der Waals surface area contributed by atoms with Crippen molar-refractivity contribution in [3.8, 4) is 0 Å².